The number of hydrogen-bond acceptors (Lipinski definition) is 7. The lowest BCUT2D eigenvalue weighted by molar-refractivity contribution is -0.138. The smallest absolute Gasteiger partial charge is 0.416 e. The highest BCUT2D eigenvalue weighted by atomic mass is 35.5. The fourth-order valence-electron chi connectivity index (χ4n) is 3.24. The van der Waals surface area contributed by atoms with Gasteiger partial charge in [0, 0.05) is 12.7 Å². The fourth-order valence-corrected chi connectivity index (χ4v) is 4.65. The highest BCUT2D eigenvalue weighted by Crippen LogP contribution is 2.34. The van der Waals surface area contributed by atoms with Crippen LogP contribution in [0.5, 0.6) is 5.75 Å². The largest absolute Gasteiger partial charge is 0.504 e. The number of rotatable bonds is 6. The summed E-state index contributed by atoms with van der Waals surface area (Å²) in [5.41, 5.74) is -2.22. The SMILES string of the molecule is O=C(Nc1sc(-c2ccc[nH]c2=O)nc1C(=O)NCc1ccccc1C(F)(F)F)c1cc(Cl)c(O)c(Cl)n1. The van der Waals surface area contributed by atoms with E-state index in [1.165, 1.54) is 36.5 Å². The molecule has 38 heavy (non-hydrogen) atoms. The Morgan fingerprint density at radius 3 is 2.50 bits per heavy atom. The van der Waals surface area contributed by atoms with Gasteiger partial charge in [0.1, 0.15) is 15.7 Å². The maximum Gasteiger partial charge on any atom is 0.416 e. The molecule has 0 fully saturated rings. The molecule has 1 aromatic carbocycles. The zero-order chi connectivity index (χ0) is 27.6. The highest BCUT2D eigenvalue weighted by Gasteiger charge is 2.33. The normalized spacial score (nSPS) is 11.3. The molecule has 4 aromatic rings. The number of amides is 2. The molecule has 196 valence electrons. The van der Waals surface area contributed by atoms with Gasteiger partial charge in [-0.2, -0.15) is 13.2 Å². The first-order chi connectivity index (χ1) is 18.0. The zero-order valence-corrected chi connectivity index (χ0v) is 21.0. The van der Waals surface area contributed by atoms with Crippen molar-refractivity contribution in [2.45, 2.75) is 12.7 Å². The number of halogens is 5. The van der Waals surface area contributed by atoms with Crippen LogP contribution in [0.25, 0.3) is 10.6 Å². The van der Waals surface area contributed by atoms with E-state index >= 15 is 0 Å². The van der Waals surface area contributed by atoms with Gasteiger partial charge >= 0.3 is 6.18 Å². The lowest BCUT2D eigenvalue weighted by Gasteiger charge is -2.13. The molecule has 0 saturated heterocycles. The Morgan fingerprint density at radius 1 is 1.08 bits per heavy atom. The van der Waals surface area contributed by atoms with Crippen molar-refractivity contribution in [3.63, 3.8) is 0 Å². The standard InChI is InChI=1S/C23H14Cl2F3N5O4S/c24-13-8-14(31-17(25)16(13)34)19(36)33-22-15(32-21(38-22)11-5-3-7-29-18(11)35)20(37)30-9-10-4-1-2-6-12(10)23(26,27)28/h1-8,34H,9H2,(H,29,35)(H,30,37)(H,33,36). The predicted molar refractivity (Wildman–Crippen MR) is 135 cm³/mol. The van der Waals surface area contributed by atoms with Crippen LogP contribution in [0.2, 0.25) is 10.2 Å². The summed E-state index contributed by atoms with van der Waals surface area (Å²) in [4.78, 5) is 48.5. The molecule has 0 atom stereocenters. The van der Waals surface area contributed by atoms with E-state index in [4.69, 9.17) is 23.2 Å². The second-order valence-corrected chi connectivity index (χ2v) is 9.29. The van der Waals surface area contributed by atoms with Crippen LogP contribution in [0.4, 0.5) is 18.2 Å². The molecule has 4 N–H and O–H groups in total. The third kappa shape index (κ3) is 5.79. The third-order valence-corrected chi connectivity index (χ3v) is 6.57. The van der Waals surface area contributed by atoms with Gasteiger partial charge in [-0.25, -0.2) is 9.97 Å². The number of pyridine rings is 2. The van der Waals surface area contributed by atoms with Crippen LogP contribution < -0.4 is 16.2 Å². The Bertz CT molecular complexity index is 1580. The number of nitrogens with zero attached hydrogens (tertiary/aromatic N) is 2. The Kier molecular flexibility index (Phi) is 7.71. The quantitative estimate of drug-likeness (QED) is 0.233. The van der Waals surface area contributed by atoms with E-state index in [9.17, 15) is 32.7 Å². The Hall–Kier alpha value is -3.94. The van der Waals surface area contributed by atoms with Crippen molar-refractivity contribution in [2.24, 2.45) is 0 Å². The van der Waals surface area contributed by atoms with Crippen LogP contribution in [0.3, 0.4) is 0 Å². The summed E-state index contributed by atoms with van der Waals surface area (Å²) in [5, 5.41) is 13.7. The van der Waals surface area contributed by atoms with E-state index in [1.807, 2.05) is 0 Å². The average molecular weight is 584 g/mol. The molecule has 0 aliphatic heterocycles. The number of benzene rings is 1. The van der Waals surface area contributed by atoms with Crippen molar-refractivity contribution in [3.8, 4) is 16.3 Å². The topological polar surface area (TPSA) is 137 Å². The van der Waals surface area contributed by atoms with E-state index in [1.54, 1.807) is 0 Å². The molecule has 0 aliphatic carbocycles. The second kappa shape index (κ2) is 10.8. The summed E-state index contributed by atoms with van der Waals surface area (Å²) in [6.07, 6.45) is -3.25. The minimum atomic E-state index is -4.64. The van der Waals surface area contributed by atoms with E-state index < -0.39 is 46.6 Å². The summed E-state index contributed by atoms with van der Waals surface area (Å²) >= 11 is 12.4. The number of alkyl halides is 3. The molecule has 9 nitrogen and oxygen atoms in total. The molecule has 0 saturated carbocycles. The molecular weight excluding hydrogens is 570 g/mol. The molecule has 0 spiro atoms. The van der Waals surface area contributed by atoms with Crippen LogP contribution in [0.1, 0.15) is 32.1 Å². The molecule has 0 radical (unpaired) electrons. The number of aromatic hydroxyl groups is 1. The summed E-state index contributed by atoms with van der Waals surface area (Å²) in [5.74, 6) is -2.34. The molecule has 3 aromatic heterocycles. The van der Waals surface area contributed by atoms with Crippen molar-refractivity contribution in [1.29, 1.82) is 0 Å². The first-order valence-electron chi connectivity index (χ1n) is 10.4. The van der Waals surface area contributed by atoms with Crippen molar-refractivity contribution in [2.75, 3.05) is 5.32 Å². The number of thiazole rings is 1. The van der Waals surface area contributed by atoms with Crippen LogP contribution in [-0.2, 0) is 12.7 Å². The maximum absolute atomic E-state index is 13.3. The van der Waals surface area contributed by atoms with Gasteiger partial charge in [0.25, 0.3) is 17.4 Å². The van der Waals surface area contributed by atoms with Gasteiger partial charge in [-0.05, 0) is 29.8 Å². The zero-order valence-electron chi connectivity index (χ0n) is 18.7. The van der Waals surface area contributed by atoms with Crippen molar-refractivity contribution < 1.29 is 27.9 Å². The lowest BCUT2D eigenvalue weighted by atomic mass is 10.1. The Balaban J connectivity index is 1.67. The third-order valence-electron chi connectivity index (χ3n) is 5.02. The summed E-state index contributed by atoms with van der Waals surface area (Å²) < 4.78 is 40.0. The van der Waals surface area contributed by atoms with Gasteiger partial charge in [0.15, 0.2) is 16.6 Å². The predicted octanol–water partition coefficient (Wildman–Crippen LogP) is 5.11. The molecule has 0 unspecified atom stereocenters. The average Bonchev–Trinajstić information content (AvgIpc) is 3.28. The summed E-state index contributed by atoms with van der Waals surface area (Å²) in [7, 11) is 0. The van der Waals surface area contributed by atoms with E-state index in [0.717, 1.165) is 23.5 Å². The van der Waals surface area contributed by atoms with Gasteiger partial charge in [0.05, 0.1) is 16.1 Å². The number of hydrogen-bond donors (Lipinski definition) is 4. The Morgan fingerprint density at radius 2 is 1.82 bits per heavy atom. The second-order valence-electron chi connectivity index (χ2n) is 7.53. The van der Waals surface area contributed by atoms with Gasteiger partial charge in [-0.1, -0.05) is 52.7 Å². The molecule has 3 heterocycles. The maximum atomic E-state index is 13.3. The highest BCUT2D eigenvalue weighted by molar-refractivity contribution is 7.19. The number of aromatic amines is 1. The lowest BCUT2D eigenvalue weighted by Crippen LogP contribution is -2.26. The summed E-state index contributed by atoms with van der Waals surface area (Å²) in [6.45, 7) is -0.495. The first-order valence-corrected chi connectivity index (χ1v) is 12.0. The van der Waals surface area contributed by atoms with E-state index in [-0.39, 0.29) is 37.5 Å². The monoisotopic (exact) mass is 583 g/mol. The van der Waals surface area contributed by atoms with Gasteiger partial charge < -0.3 is 20.7 Å². The van der Waals surface area contributed by atoms with Crippen LogP contribution in [-0.4, -0.2) is 31.9 Å². The number of aromatic nitrogens is 3. The van der Waals surface area contributed by atoms with E-state index in [0.29, 0.717) is 0 Å². The first kappa shape index (κ1) is 27.1. The van der Waals surface area contributed by atoms with Crippen molar-refractivity contribution >= 4 is 51.4 Å². The number of H-pyrrole nitrogens is 1. The fraction of sp³-hybridized carbons (Fsp3) is 0.0870. The van der Waals surface area contributed by atoms with Crippen LogP contribution in [0.15, 0.2) is 53.5 Å². The van der Waals surface area contributed by atoms with Crippen LogP contribution in [0, 0.1) is 0 Å². The van der Waals surface area contributed by atoms with Crippen molar-refractivity contribution in [1.82, 2.24) is 20.3 Å². The minimum Gasteiger partial charge on any atom is -0.504 e. The molecule has 4 rings (SSSR count). The van der Waals surface area contributed by atoms with E-state index in [2.05, 4.69) is 25.6 Å². The summed E-state index contributed by atoms with van der Waals surface area (Å²) in [6, 6.07) is 8.71. The number of carbonyl (C=O) groups is 2. The Labute approximate surface area is 225 Å². The van der Waals surface area contributed by atoms with Gasteiger partial charge in [-0.3, -0.25) is 14.4 Å². The van der Waals surface area contributed by atoms with Crippen molar-refractivity contribution in [3.05, 3.63) is 91.7 Å². The molecule has 15 heteroatoms. The molecule has 2 amide bonds. The van der Waals surface area contributed by atoms with Crippen LogP contribution >= 0.6 is 34.5 Å². The molecule has 0 aliphatic rings. The number of carbonyl (C=O) groups excluding carboxylic acids is 2. The van der Waals surface area contributed by atoms with Gasteiger partial charge in [-0.15, -0.1) is 0 Å². The molecule has 0 bridgehead atoms. The molecular formula is C23H14Cl2F3N5O4S. The van der Waals surface area contributed by atoms with Gasteiger partial charge in [0.2, 0.25) is 0 Å². The minimum absolute atomic E-state index is 0.0534. The number of nitrogens with one attached hydrogen (secondary N) is 3. The number of anilines is 1.